The first-order valence-corrected chi connectivity index (χ1v) is 16.9. The number of hydrogen-bond acceptors (Lipinski definition) is 3. The normalized spacial score (nSPS) is 14.4. The number of amidine groups is 1. The summed E-state index contributed by atoms with van der Waals surface area (Å²) in [4.78, 5) is 9.72. The third-order valence-electron chi connectivity index (χ3n) is 9.86. The molecule has 4 heteroatoms. The molecule has 2 N–H and O–H groups in total. The molecule has 0 amide bonds. The van der Waals surface area contributed by atoms with Crippen molar-refractivity contribution in [2.45, 2.75) is 11.6 Å². The van der Waals surface area contributed by atoms with Crippen molar-refractivity contribution in [2.75, 3.05) is 0 Å². The maximum Gasteiger partial charge on any atom is 0.156 e. The highest BCUT2D eigenvalue weighted by Crippen LogP contribution is 2.62. The average molecular weight is 644 g/mol. The standard InChI is InChI=1S/C46H33N3O/c47-44(33-15-5-2-6-16-33)49-45(48-30-31-13-3-1-4-14-31)34-25-23-32(24-26-34)35-27-28-37-36-17-7-8-18-38(36)46(41(37)29-35)39-19-9-11-21-42(39)50-43-22-12-10-20-40(43)46/h1-30,44H,47H2/b48-30+,49-45-. The van der Waals surface area contributed by atoms with Gasteiger partial charge in [0.25, 0.3) is 0 Å². The predicted octanol–water partition coefficient (Wildman–Crippen LogP) is 10.3. The second kappa shape index (κ2) is 12.3. The molecule has 1 atom stereocenters. The van der Waals surface area contributed by atoms with Gasteiger partial charge in [-0.05, 0) is 62.7 Å². The summed E-state index contributed by atoms with van der Waals surface area (Å²) >= 11 is 0. The van der Waals surface area contributed by atoms with Crippen molar-refractivity contribution < 1.29 is 4.74 Å². The Balaban J connectivity index is 1.15. The molecule has 4 nitrogen and oxygen atoms in total. The number of ether oxygens (including phenoxy) is 1. The van der Waals surface area contributed by atoms with Gasteiger partial charge >= 0.3 is 0 Å². The largest absolute Gasteiger partial charge is 0.457 e. The molecule has 9 rings (SSSR count). The minimum absolute atomic E-state index is 0.507. The van der Waals surface area contributed by atoms with Crippen LogP contribution >= 0.6 is 0 Å². The molecule has 1 aliphatic carbocycles. The van der Waals surface area contributed by atoms with E-state index in [0.29, 0.717) is 5.84 Å². The molecule has 2 aliphatic rings. The van der Waals surface area contributed by atoms with E-state index in [9.17, 15) is 0 Å². The number of hydrogen-bond donors (Lipinski definition) is 1. The van der Waals surface area contributed by atoms with Gasteiger partial charge in [-0.2, -0.15) is 0 Å². The second-order valence-corrected chi connectivity index (χ2v) is 12.7. The van der Waals surface area contributed by atoms with E-state index in [2.05, 4.69) is 103 Å². The van der Waals surface area contributed by atoms with E-state index < -0.39 is 11.6 Å². The molecular formula is C46H33N3O. The second-order valence-electron chi connectivity index (χ2n) is 12.7. The van der Waals surface area contributed by atoms with Gasteiger partial charge in [0, 0.05) is 22.9 Å². The molecule has 0 saturated carbocycles. The first-order chi connectivity index (χ1) is 24.7. The van der Waals surface area contributed by atoms with Gasteiger partial charge in [0.15, 0.2) is 5.84 Å². The van der Waals surface area contributed by atoms with Crippen LogP contribution in [0.2, 0.25) is 0 Å². The van der Waals surface area contributed by atoms with E-state index in [-0.39, 0.29) is 0 Å². The monoisotopic (exact) mass is 643 g/mol. The Morgan fingerprint density at radius 3 is 1.80 bits per heavy atom. The maximum atomic E-state index is 6.58. The molecule has 1 heterocycles. The first kappa shape index (κ1) is 29.8. The zero-order valence-electron chi connectivity index (χ0n) is 27.3. The summed E-state index contributed by atoms with van der Waals surface area (Å²) < 4.78 is 6.52. The Labute approximate surface area is 291 Å². The third kappa shape index (κ3) is 4.89. The molecule has 238 valence electrons. The van der Waals surface area contributed by atoms with E-state index >= 15 is 0 Å². The lowest BCUT2D eigenvalue weighted by Crippen LogP contribution is -2.32. The topological polar surface area (TPSA) is 60.0 Å². The number of para-hydroxylation sites is 2. The fraction of sp³-hybridized carbons (Fsp3) is 0.0435. The van der Waals surface area contributed by atoms with Crippen LogP contribution in [0.15, 0.2) is 186 Å². The molecule has 50 heavy (non-hydrogen) atoms. The highest BCUT2D eigenvalue weighted by atomic mass is 16.5. The van der Waals surface area contributed by atoms with Crippen LogP contribution in [0.1, 0.15) is 45.1 Å². The minimum atomic E-state index is -0.543. The maximum absolute atomic E-state index is 6.58. The van der Waals surface area contributed by atoms with Gasteiger partial charge in [-0.25, -0.2) is 9.98 Å². The van der Waals surface area contributed by atoms with Gasteiger partial charge < -0.3 is 10.5 Å². The van der Waals surface area contributed by atoms with Crippen LogP contribution in [0.3, 0.4) is 0 Å². The van der Waals surface area contributed by atoms with Crippen molar-refractivity contribution in [1.29, 1.82) is 0 Å². The van der Waals surface area contributed by atoms with E-state index in [4.69, 9.17) is 20.5 Å². The van der Waals surface area contributed by atoms with Crippen LogP contribution in [0.25, 0.3) is 22.3 Å². The fourth-order valence-corrected chi connectivity index (χ4v) is 7.56. The van der Waals surface area contributed by atoms with E-state index in [0.717, 1.165) is 50.4 Å². The number of nitrogens with two attached hydrogens (primary N) is 1. The lowest BCUT2D eigenvalue weighted by molar-refractivity contribution is 0.436. The summed E-state index contributed by atoms with van der Waals surface area (Å²) in [6, 6.07) is 61.1. The molecule has 7 aromatic rings. The average Bonchev–Trinajstić information content (AvgIpc) is 3.47. The van der Waals surface area contributed by atoms with Gasteiger partial charge in [0.2, 0.25) is 0 Å². The van der Waals surface area contributed by atoms with Crippen molar-refractivity contribution in [3.63, 3.8) is 0 Å². The van der Waals surface area contributed by atoms with Crippen LogP contribution in [-0.4, -0.2) is 12.1 Å². The van der Waals surface area contributed by atoms with Gasteiger partial charge in [0.05, 0.1) is 5.41 Å². The zero-order chi connectivity index (χ0) is 33.5. The van der Waals surface area contributed by atoms with Crippen LogP contribution < -0.4 is 10.5 Å². The van der Waals surface area contributed by atoms with E-state index in [1.54, 1.807) is 0 Å². The van der Waals surface area contributed by atoms with Gasteiger partial charge in [-0.3, -0.25) is 0 Å². The SMILES string of the molecule is NC(/N=C(\N=C\c1ccccc1)c1ccc(-c2ccc3c(c2)C2(c4ccccc4Oc4ccccc42)c2ccccc2-3)cc1)c1ccccc1. The Hall–Kier alpha value is -6.36. The van der Waals surface area contributed by atoms with Crippen molar-refractivity contribution in [2.24, 2.45) is 15.7 Å². The lowest BCUT2D eigenvalue weighted by Gasteiger charge is -2.39. The molecule has 0 saturated heterocycles. The van der Waals surface area contributed by atoms with Gasteiger partial charge in [-0.15, -0.1) is 0 Å². The summed E-state index contributed by atoms with van der Waals surface area (Å²) in [5.41, 5.74) is 18.5. The molecule has 0 radical (unpaired) electrons. The molecule has 0 bridgehead atoms. The Bertz CT molecular complexity index is 2370. The summed E-state index contributed by atoms with van der Waals surface area (Å²) in [5, 5.41) is 0. The van der Waals surface area contributed by atoms with Crippen molar-refractivity contribution >= 4 is 12.1 Å². The highest BCUT2D eigenvalue weighted by Gasteiger charge is 2.50. The number of benzene rings is 7. The first-order valence-electron chi connectivity index (χ1n) is 16.9. The predicted molar refractivity (Wildman–Crippen MR) is 203 cm³/mol. The van der Waals surface area contributed by atoms with Gasteiger partial charge in [0.1, 0.15) is 17.7 Å². The number of fused-ring (bicyclic) bond motifs is 9. The summed E-state index contributed by atoms with van der Waals surface area (Å²) in [6.45, 7) is 0. The van der Waals surface area contributed by atoms with Crippen LogP contribution in [0.5, 0.6) is 11.5 Å². The lowest BCUT2D eigenvalue weighted by atomic mass is 9.66. The Kier molecular flexibility index (Phi) is 7.30. The van der Waals surface area contributed by atoms with Crippen molar-refractivity contribution in [3.8, 4) is 33.8 Å². The summed E-state index contributed by atoms with van der Waals surface area (Å²) in [6.07, 6.45) is 1.30. The summed E-state index contributed by atoms with van der Waals surface area (Å²) in [7, 11) is 0. The van der Waals surface area contributed by atoms with Crippen LogP contribution in [0.4, 0.5) is 0 Å². The van der Waals surface area contributed by atoms with Crippen LogP contribution in [0, 0.1) is 0 Å². The minimum Gasteiger partial charge on any atom is -0.457 e. The Morgan fingerprint density at radius 2 is 1.10 bits per heavy atom. The Morgan fingerprint density at radius 1 is 0.540 bits per heavy atom. The molecule has 0 aromatic heterocycles. The zero-order valence-corrected chi connectivity index (χ0v) is 27.3. The number of aliphatic imine (C=N–C) groups is 2. The number of nitrogens with zero attached hydrogens (tertiary/aromatic N) is 2. The molecule has 7 aromatic carbocycles. The van der Waals surface area contributed by atoms with Crippen LogP contribution in [-0.2, 0) is 5.41 Å². The molecule has 1 unspecified atom stereocenters. The fourth-order valence-electron chi connectivity index (χ4n) is 7.56. The van der Waals surface area contributed by atoms with Gasteiger partial charge in [-0.1, -0.05) is 158 Å². The van der Waals surface area contributed by atoms with E-state index in [1.807, 2.05) is 79.0 Å². The molecule has 0 fully saturated rings. The number of rotatable bonds is 5. The van der Waals surface area contributed by atoms with Crippen molar-refractivity contribution in [1.82, 2.24) is 0 Å². The quantitative estimate of drug-likeness (QED) is 0.150. The molecule has 1 aliphatic heterocycles. The molecular weight excluding hydrogens is 611 g/mol. The van der Waals surface area contributed by atoms with Crippen molar-refractivity contribution in [3.05, 3.63) is 215 Å². The molecule has 1 spiro atoms. The highest BCUT2D eigenvalue weighted by molar-refractivity contribution is 6.05. The smallest absolute Gasteiger partial charge is 0.156 e. The third-order valence-corrected chi connectivity index (χ3v) is 9.86. The van der Waals surface area contributed by atoms with E-state index in [1.165, 1.54) is 22.3 Å². The summed E-state index contributed by atoms with van der Waals surface area (Å²) in [5.74, 6) is 2.36.